The van der Waals surface area contributed by atoms with E-state index in [4.69, 9.17) is 4.74 Å². The first-order valence-electron chi connectivity index (χ1n) is 9.36. The first-order chi connectivity index (χ1) is 13.9. The number of nitrogens with one attached hydrogen (secondary N) is 1. The van der Waals surface area contributed by atoms with Crippen molar-refractivity contribution < 1.29 is 18.3 Å². The summed E-state index contributed by atoms with van der Waals surface area (Å²) in [7, 11) is -3.22. The van der Waals surface area contributed by atoms with Crippen molar-refractivity contribution in [3.63, 3.8) is 0 Å². The van der Waals surface area contributed by atoms with E-state index in [1.54, 1.807) is 36.5 Å². The smallest absolute Gasteiger partial charge is 0.175 e. The number of imidazole rings is 1. The highest BCUT2D eigenvalue weighted by molar-refractivity contribution is 7.90. The number of aromatic hydroxyl groups is 1. The standard InChI is InChI=1S/C21H23N3O4S/c1-29(26,27)17-8-6-15(7-9-17)18-12-22-21(23-18)19-14-28-11-10-24(19)13-16-4-2-3-5-20(16)25/h2-9,12,19,25H,10-11,13-14H2,1H3,(H,22,23). The van der Waals surface area contributed by atoms with Crippen molar-refractivity contribution in [2.45, 2.75) is 17.5 Å². The Hall–Kier alpha value is -2.68. The molecule has 8 heteroatoms. The molecule has 0 aliphatic carbocycles. The normalized spacial score (nSPS) is 18.0. The Kier molecular flexibility index (Phi) is 5.40. The number of hydrogen-bond donors (Lipinski definition) is 2. The Balaban J connectivity index is 1.56. The molecule has 0 bridgehead atoms. The molecule has 0 radical (unpaired) electrons. The Morgan fingerprint density at radius 2 is 1.97 bits per heavy atom. The van der Waals surface area contributed by atoms with Gasteiger partial charge in [-0.2, -0.15) is 0 Å². The van der Waals surface area contributed by atoms with Crippen LogP contribution in [0.2, 0.25) is 0 Å². The number of hydrogen-bond acceptors (Lipinski definition) is 6. The number of nitrogens with zero attached hydrogens (tertiary/aromatic N) is 2. The van der Waals surface area contributed by atoms with E-state index in [9.17, 15) is 13.5 Å². The van der Waals surface area contributed by atoms with E-state index in [0.29, 0.717) is 19.8 Å². The molecule has 1 saturated heterocycles. The average Bonchev–Trinajstić information content (AvgIpc) is 3.20. The SMILES string of the molecule is CS(=O)(=O)c1ccc(-c2cnc(C3COCCN3Cc3ccccc3O)[nH]2)cc1. The van der Waals surface area contributed by atoms with Crippen LogP contribution in [0.1, 0.15) is 17.4 Å². The van der Waals surface area contributed by atoms with Gasteiger partial charge in [-0.1, -0.05) is 30.3 Å². The summed E-state index contributed by atoms with van der Waals surface area (Å²) in [6, 6.07) is 14.0. The van der Waals surface area contributed by atoms with Crippen LogP contribution in [0.4, 0.5) is 0 Å². The van der Waals surface area contributed by atoms with Crippen LogP contribution in [0.15, 0.2) is 59.6 Å². The predicted octanol–water partition coefficient (Wildman–Crippen LogP) is 2.76. The maximum Gasteiger partial charge on any atom is 0.175 e. The number of benzene rings is 2. The quantitative estimate of drug-likeness (QED) is 0.668. The highest BCUT2D eigenvalue weighted by Crippen LogP contribution is 2.28. The van der Waals surface area contributed by atoms with Crippen LogP contribution in [0.5, 0.6) is 5.75 Å². The van der Waals surface area contributed by atoms with Crippen molar-refractivity contribution in [2.24, 2.45) is 0 Å². The summed E-state index contributed by atoms with van der Waals surface area (Å²) in [5.74, 6) is 1.06. The largest absolute Gasteiger partial charge is 0.508 e. The van der Waals surface area contributed by atoms with E-state index < -0.39 is 9.84 Å². The second kappa shape index (κ2) is 7.98. The van der Waals surface area contributed by atoms with E-state index in [0.717, 1.165) is 29.2 Å². The van der Waals surface area contributed by atoms with Crippen LogP contribution in [0.25, 0.3) is 11.3 Å². The van der Waals surface area contributed by atoms with Crippen molar-refractivity contribution in [1.82, 2.24) is 14.9 Å². The number of phenols is 1. The maximum absolute atomic E-state index is 11.6. The number of morpholine rings is 1. The van der Waals surface area contributed by atoms with E-state index in [2.05, 4.69) is 14.9 Å². The molecule has 1 atom stereocenters. The van der Waals surface area contributed by atoms with Gasteiger partial charge in [-0.15, -0.1) is 0 Å². The Bertz CT molecular complexity index is 1090. The fourth-order valence-corrected chi connectivity index (χ4v) is 4.11. The minimum Gasteiger partial charge on any atom is -0.508 e. The zero-order valence-corrected chi connectivity index (χ0v) is 16.9. The zero-order chi connectivity index (χ0) is 20.4. The number of rotatable bonds is 5. The van der Waals surface area contributed by atoms with Gasteiger partial charge in [0, 0.05) is 24.9 Å². The van der Waals surface area contributed by atoms with Gasteiger partial charge < -0.3 is 14.8 Å². The minimum atomic E-state index is -3.22. The predicted molar refractivity (Wildman–Crippen MR) is 109 cm³/mol. The number of sulfone groups is 1. The molecule has 4 rings (SSSR count). The third-order valence-corrected chi connectivity index (χ3v) is 6.24. The Morgan fingerprint density at radius 3 is 2.69 bits per heavy atom. The molecule has 1 aliphatic rings. The van der Waals surface area contributed by atoms with Gasteiger partial charge in [0.25, 0.3) is 0 Å². The molecule has 1 aliphatic heterocycles. The molecular formula is C21H23N3O4S. The van der Waals surface area contributed by atoms with Crippen molar-refractivity contribution in [1.29, 1.82) is 0 Å². The molecule has 2 N–H and O–H groups in total. The van der Waals surface area contributed by atoms with Crippen LogP contribution < -0.4 is 0 Å². The van der Waals surface area contributed by atoms with Gasteiger partial charge in [-0.3, -0.25) is 4.90 Å². The fourth-order valence-electron chi connectivity index (χ4n) is 3.48. The second-order valence-corrected chi connectivity index (χ2v) is 9.18. The van der Waals surface area contributed by atoms with E-state index in [1.807, 2.05) is 18.2 Å². The molecule has 2 heterocycles. The first kappa shape index (κ1) is 19.6. The molecule has 3 aromatic rings. The fraction of sp³-hybridized carbons (Fsp3) is 0.286. The molecule has 152 valence electrons. The van der Waals surface area contributed by atoms with Crippen molar-refractivity contribution in [3.8, 4) is 17.0 Å². The van der Waals surface area contributed by atoms with E-state index >= 15 is 0 Å². The average molecular weight is 413 g/mol. The Labute approximate surface area is 169 Å². The molecule has 1 fully saturated rings. The molecule has 0 saturated carbocycles. The molecule has 29 heavy (non-hydrogen) atoms. The second-order valence-electron chi connectivity index (χ2n) is 7.17. The summed E-state index contributed by atoms with van der Waals surface area (Å²) in [5, 5.41) is 10.1. The molecule has 7 nitrogen and oxygen atoms in total. The minimum absolute atomic E-state index is 0.0626. The summed E-state index contributed by atoms with van der Waals surface area (Å²) in [4.78, 5) is 10.4. The van der Waals surface area contributed by atoms with Gasteiger partial charge >= 0.3 is 0 Å². The third kappa shape index (κ3) is 4.34. The van der Waals surface area contributed by atoms with Crippen molar-refractivity contribution in [3.05, 3.63) is 66.1 Å². The van der Waals surface area contributed by atoms with Crippen molar-refractivity contribution in [2.75, 3.05) is 26.0 Å². The van der Waals surface area contributed by atoms with Gasteiger partial charge in [0.05, 0.1) is 36.0 Å². The van der Waals surface area contributed by atoms with Crippen LogP contribution in [-0.2, 0) is 21.1 Å². The number of para-hydroxylation sites is 1. The van der Waals surface area contributed by atoms with Crippen LogP contribution in [-0.4, -0.2) is 54.4 Å². The monoisotopic (exact) mass is 413 g/mol. The molecule has 2 aromatic carbocycles. The molecule has 0 amide bonds. The molecule has 1 aromatic heterocycles. The van der Waals surface area contributed by atoms with Gasteiger partial charge in [0.1, 0.15) is 11.6 Å². The van der Waals surface area contributed by atoms with E-state index in [1.165, 1.54) is 6.26 Å². The lowest BCUT2D eigenvalue weighted by Crippen LogP contribution is -2.39. The van der Waals surface area contributed by atoms with Crippen LogP contribution in [0, 0.1) is 0 Å². The lowest BCUT2D eigenvalue weighted by atomic mass is 10.1. The molecular weight excluding hydrogens is 390 g/mol. The lowest BCUT2D eigenvalue weighted by molar-refractivity contribution is -0.0158. The number of phenolic OH excluding ortho intramolecular Hbond substituents is 1. The molecule has 1 unspecified atom stereocenters. The Morgan fingerprint density at radius 1 is 1.21 bits per heavy atom. The summed E-state index contributed by atoms with van der Waals surface area (Å²) >= 11 is 0. The van der Waals surface area contributed by atoms with Gasteiger partial charge in [0.15, 0.2) is 9.84 Å². The summed E-state index contributed by atoms with van der Waals surface area (Å²) in [6.07, 6.45) is 2.94. The van der Waals surface area contributed by atoms with Crippen LogP contribution in [0.3, 0.4) is 0 Å². The first-order valence-corrected chi connectivity index (χ1v) is 11.2. The third-order valence-electron chi connectivity index (χ3n) is 5.11. The maximum atomic E-state index is 11.6. The number of aromatic nitrogens is 2. The van der Waals surface area contributed by atoms with Gasteiger partial charge in [0.2, 0.25) is 0 Å². The summed E-state index contributed by atoms with van der Waals surface area (Å²) in [6.45, 7) is 2.47. The van der Waals surface area contributed by atoms with Crippen molar-refractivity contribution >= 4 is 9.84 Å². The zero-order valence-electron chi connectivity index (χ0n) is 16.1. The summed E-state index contributed by atoms with van der Waals surface area (Å²) in [5.41, 5.74) is 2.54. The van der Waals surface area contributed by atoms with E-state index in [-0.39, 0.29) is 16.7 Å². The topological polar surface area (TPSA) is 95.5 Å². The molecule has 0 spiro atoms. The van der Waals surface area contributed by atoms with Crippen LogP contribution >= 0.6 is 0 Å². The summed E-state index contributed by atoms with van der Waals surface area (Å²) < 4.78 is 29.0. The highest BCUT2D eigenvalue weighted by Gasteiger charge is 2.27. The van der Waals surface area contributed by atoms with Gasteiger partial charge in [-0.25, -0.2) is 13.4 Å². The number of aromatic amines is 1. The van der Waals surface area contributed by atoms with Gasteiger partial charge in [-0.05, 0) is 23.8 Å². The highest BCUT2D eigenvalue weighted by atomic mass is 32.2. The number of H-pyrrole nitrogens is 1. The lowest BCUT2D eigenvalue weighted by Gasteiger charge is -2.34. The number of ether oxygens (including phenoxy) is 1.